The number of carbonyl (C=O) groups excluding carboxylic acids is 2. The highest BCUT2D eigenvalue weighted by Crippen LogP contribution is 2.29. The van der Waals surface area contributed by atoms with E-state index in [0.717, 1.165) is 5.56 Å². The van der Waals surface area contributed by atoms with E-state index < -0.39 is 23.8 Å². The molecule has 0 bridgehead atoms. The molecule has 2 aliphatic heterocycles. The molecule has 7 nitrogen and oxygen atoms in total. The minimum absolute atomic E-state index is 0.0935. The molecule has 1 fully saturated rings. The van der Waals surface area contributed by atoms with Gasteiger partial charge in [0, 0.05) is 19.2 Å². The molecule has 2 heterocycles. The molecule has 3 rings (SSSR count). The van der Waals surface area contributed by atoms with Crippen LogP contribution in [0.15, 0.2) is 36.4 Å². The van der Waals surface area contributed by atoms with Crippen molar-refractivity contribution in [2.75, 3.05) is 20.3 Å². The molecule has 0 aromatic heterocycles. The number of fused-ring (bicyclic) bond motifs is 1. The standard InChI is InChI=1S/C20H26N2O5/c1-20(2,3)27-19(24)21-14-12-26-15(13-8-6-5-7-9-13)10-11-22-16(14)17(25-4)18(22)23/h5-10,14,16-17H,11-12H2,1-4H3,(H,21,24)/b15-10-/t14-,16+,17-/m0/s1. The minimum atomic E-state index is -0.614. The molecule has 0 aliphatic carbocycles. The maximum atomic E-state index is 12.4. The van der Waals surface area contributed by atoms with Crippen LogP contribution in [0, 0.1) is 0 Å². The first kappa shape index (κ1) is 19.2. The average Bonchev–Trinajstić information content (AvgIpc) is 2.59. The fourth-order valence-electron chi connectivity index (χ4n) is 3.33. The summed E-state index contributed by atoms with van der Waals surface area (Å²) in [6.45, 7) is 5.99. The number of hydrogen-bond acceptors (Lipinski definition) is 5. The first-order valence-electron chi connectivity index (χ1n) is 9.01. The molecule has 146 valence electrons. The molecular formula is C20H26N2O5. The van der Waals surface area contributed by atoms with Gasteiger partial charge in [0.25, 0.3) is 5.91 Å². The lowest BCUT2D eigenvalue weighted by atomic mass is 9.90. The zero-order chi connectivity index (χ0) is 19.6. The highest BCUT2D eigenvalue weighted by Gasteiger charge is 2.52. The van der Waals surface area contributed by atoms with Gasteiger partial charge in [-0.15, -0.1) is 0 Å². The van der Waals surface area contributed by atoms with Gasteiger partial charge in [-0.1, -0.05) is 30.3 Å². The number of nitrogens with zero attached hydrogens (tertiary/aromatic N) is 1. The number of amides is 2. The van der Waals surface area contributed by atoms with E-state index in [1.54, 1.807) is 25.7 Å². The lowest BCUT2D eigenvalue weighted by Crippen LogP contribution is -2.73. The summed E-state index contributed by atoms with van der Waals surface area (Å²) < 4.78 is 16.7. The summed E-state index contributed by atoms with van der Waals surface area (Å²) in [5.41, 5.74) is 0.306. The van der Waals surface area contributed by atoms with Gasteiger partial charge in [0.2, 0.25) is 0 Å². The van der Waals surface area contributed by atoms with Gasteiger partial charge in [0.05, 0.1) is 12.1 Å². The van der Waals surface area contributed by atoms with Crippen molar-refractivity contribution in [1.82, 2.24) is 10.2 Å². The predicted molar refractivity (Wildman–Crippen MR) is 99.8 cm³/mol. The first-order chi connectivity index (χ1) is 12.8. The van der Waals surface area contributed by atoms with Crippen molar-refractivity contribution in [2.24, 2.45) is 0 Å². The van der Waals surface area contributed by atoms with Gasteiger partial charge >= 0.3 is 6.09 Å². The molecule has 27 heavy (non-hydrogen) atoms. The van der Waals surface area contributed by atoms with Gasteiger partial charge in [-0.2, -0.15) is 0 Å². The van der Waals surface area contributed by atoms with Crippen LogP contribution in [-0.2, 0) is 19.0 Å². The van der Waals surface area contributed by atoms with Gasteiger partial charge < -0.3 is 24.4 Å². The molecule has 1 aromatic carbocycles. The Bertz CT molecular complexity index is 726. The second-order valence-electron chi connectivity index (χ2n) is 7.64. The Kier molecular flexibility index (Phi) is 5.41. The highest BCUT2D eigenvalue weighted by molar-refractivity contribution is 5.89. The summed E-state index contributed by atoms with van der Waals surface area (Å²) in [5.74, 6) is 0.586. The van der Waals surface area contributed by atoms with Crippen LogP contribution < -0.4 is 5.32 Å². The predicted octanol–water partition coefficient (Wildman–Crippen LogP) is 2.18. The van der Waals surface area contributed by atoms with Crippen molar-refractivity contribution in [2.45, 2.75) is 44.6 Å². The molecule has 7 heteroatoms. The zero-order valence-electron chi connectivity index (χ0n) is 16.1. The topological polar surface area (TPSA) is 77.1 Å². The van der Waals surface area contributed by atoms with E-state index in [1.807, 2.05) is 36.4 Å². The van der Waals surface area contributed by atoms with Crippen molar-refractivity contribution >= 4 is 17.8 Å². The van der Waals surface area contributed by atoms with Crippen molar-refractivity contribution < 1.29 is 23.8 Å². The Balaban J connectivity index is 1.80. The number of rotatable bonds is 3. The Morgan fingerprint density at radius 3 is 2.59 bits per heavy atom. The molecular weight excluding hydrogens is 348 g/mol. The Labute approximate surface area is 159 Å². The van der Waals surface area contributed by atoms with Gasteiger partial charge in [0.1, 0.15) is 18.0 Å². The summed E-state index contributed by atoms with van der Waals surface area (Å²) >= 11 is 0. The van der Waals surface area contributed by atoms with Crippen LogP contribution in [0.4, 0.5) is 4.79 Å². The van der Waals surface area contributed by atoms with Crippen LogP contribution in [0.25, 0.3) is 5.76 Å². The fraction of sp³-hybridized carbons (Fsp3) is 0.500. The lowest BCUT2D eigenvalue weighted by molar-refractivity contribution is -0.173. The first-order valence-corrected chi connectivity index (χ1v) is 9.01. The van der Waals surface area contributed by atoms with E-state index in [9.17, 15) is 9.59 Å². The van der Waals surface area contributed by atoms with Crippen LogP contribution in [0.3, 0.4) is 0 Å². The number of carbonyl (C=O) groups is 2. The number of ether oxygens (including phenoxy) is 3. The van der Waals surface area contributed by atoms with Crippen molar-refractivity contribution in [3.63, 3.8) is 0 Å². The number of benzene rings is 1. The molecule has 0 spiro atoms. The summed E-state index contributed by atoms with van der Waals surface area (Å²) in [7, 11) is 1.50. The van der Waals surface area contributed by atoms with E-state index in [-0.39, 0.29) is 18.6 Å². The van der Waals surface area contributed by atoms with Crippen LogP contribution in [-0.4, -0.2) is 61.0 Å². The third-order valence-electron chi connectivity index (χ3n) is 4.51. The lowest BCUT2D eigenvalue weighted by Gasteiger charge is -2.50. The van der Waals surface area contributed by atoms with Crippen LogP contribution in [0.5, 0.6) is 0 Å². The molecule has 1 N–H and O–H groups in total. The normalized spacial score (nSPS) is 27.1. The third-order valence-corrected chi connectivity index (χ3v) is 4.51. The molecule has 1 aromatic rings. The second-order valence-corrected chi connectivity index (χ2v) is 7.64. The molecule has 2 amide bonds. The maximum absolute atomic E-state index is 12.4. The van der Waals surface area contributed by atoms with Gasteiger partial charge in [-0.25, -0.2) is 4.79 Å². The molecule has 2 aliphatic rings. The SMILES string of the molecule is CO[C@@H]1C(=O)N2C/C=C(/c3ccccc3)OC[C@H](NC(=O)OC(C)(C)C)[C@H]12. The maximum Gasteiger partial charge on any atom is 0.408 e. The number of nitrogens with one attached hydrogen (secondary N) is 1. The molecule has 0 radical (unpaired) electrons. The summed E-state index contributed by atoms with van der Waals surface area (Å²) in [6.07, 6.45) is 0.742. The number of hydrogen-bond donors (Lipinski definition) is 1. The number of methoxy groups -OCH3 is 1. The third kappa shape index (κ3) is 4.24. The molecule has 1 saturated heterocycles. The Hall–Kier alpha value is -2.54. The number of alkyl carbamates (subject to hydrolysis) is 1. The molecule has 0 unspecified atom stereocenters. The Morgan fingerprint density at radius 1 is 1.26 bits per heavy atom. The summed E-state index contributed by atoms with van der Waals surface area (Å²) in [5, 5.41) is 2.84. The monoisotopic (exact) mass is 374 g/mol. The Morgan fingerprint density at radius 2 is 1.96 bits per heavy atom. The largest absolute Gasteiger partial charge is 0.491 e. The molecule has 3 atom stereocenters. The van der Waals surface area contributed by atoms with Crippen LogP contribution in [0.1, 0.15) is 26.3 Å². The van der Waals surface area contributed by atoms with Crippen molar-refractivity contribution in [1.29, 1.82) is 0 Å². The van der Waals surface area contributed by atoms with Crippen LogP contribution >= 0.6 is 0 Å². The van der Waals surface area contributed by atoms with Gasteiger partial charge in [-0.05, 0) is 26.8 Å². The van der Waals surface area contributed by atoms with Gasteiger partial charge in [-0.3, -0.25) is 4.79 Å². The second kappa shape index (κ2) is 7.60. The smallest absolute Gasteiger partial charge is 0.408 e. The van der Waals surface area contributed by atoms with E-state index in [0.29, 0.717) is 12.3 Å². The van der Waals surface area contributed by atoms with Gasteiger partial charge in [0.15, 0.2) is 6.10 Å². The quantitative estimate of drug-likeness (QED) is 0.821. The van der Waals surface area contributed by atoms with E-state index in [1.165, 1.54) is 7.11 Å². The summed E-state index contributed by atoms with van der Waals surface area (Å²) in [4.78, 5) is 26.4. The van der Waals surface area contributed by atoms with E-state index >= 15 is 0 Å². The average molecular weight is 374 g/mol. The number of β-lactam (4-membered cyclic amide) rings is 1. The van der Waals surface area contributed by atoms with Crippen molar-refractivity contribution in [3.8, 4) is 0 Å². The summed E-state index contributed by atoms with van der Waals surface area (Å²) in [6, 6.07) is 8.91. The van der Waals surface area contributed by atoms with Crippen molar-refractivity contribution in [3.05, 3.63) is 42.0 Å². The molecule has 0 saturated carbocycles. The fourth-order valence-corrected chi connectivity index (χ4v) is 3.33. The van der Waals surface area contributed by atoms with E-state index in [4.69, 9.17) is 14.2 Å². The highest BCUT2D eigenvalue weighted by atomic mass is 16.6. The minimum Gasteiger partial charge on any atom is -0.491 e. The van der Waals surface area contributed by atoms with Crippen LogP contribution in [0.2, 0.25) is 0 Å². The van der Waals surface area contributed by atoms with E-state index in [2.05, 4.69) is 5.32 Å². The zero-order valence-corrected chi connectivity index (χ0v) is 16.1.